The molecule has 0 N–H and O–H groups in total. The molecule has 1 saturated heterocycles. The lowest BCUT2D eigenvalue weighted by atomic mass is 9.84. The third kappa shape index (κ3) is 5.74. The van der Waals surface area contributed by atoms with Gasteiger partial charge in [-0.25, -0.2) is 0 Å². The number of alkyl halides is 3. The van der Waals surface area contributed by atoms with E-state index in [9.17, 15) is 13.2 Å². The highest BCUT2D eigenvalue weighted by Crippen LogP contribution is 2.36. The lowest BCUT2D eigenvalue weighted by Crippen LogP contribution is -2.42. The van der Waals surface area contributed by atoms with Crippen molar-refractivity contribution >= 4 is 11.3 Å². The summed E-state index contributed by atoms with van der Waals surface area (Å²) >= 11 is 1.78. The van der Waals surface area contributed by atoms with Crippen LogP contribution in [0.15, 0.2) is 41.8 Å². The van der Waals surface area contributed by atoms with Crippen molar-refractivity contribution in [3.05, 3.63) is 52.2 Å². The molecule has 1 aliphatic rings. The van der Waals surface area contributed by atoms with Gasteiger partial charge in [0.15, 0.2) is 0 Å². The van der Waals surface area contributed by atoms with Crippen molar-refractivity contribution in [3.8, 4) is 5.75 Å². The Bertz CT molecular complexity index is 700. The molecule has 0 spiro atoms. The Morgan fingerprint density at radius 1 is 1.14 bits per heavy atom. The van der Waals surface area contributed by atoms with E-state index < -0.39 is 11.7 Å². The second-order valence-electron chi connectivity index (χ2n) is 7.51. The monoisotopic (exact) mass is 411 g/mol. The van der Waals surface area contributed by atoms with Crippen molar-refractivity contribution in [1.29, 1.82) is 0 Å². The molecule has 2 aromatic rings. The van der Waals surface area contributed by atoms with Gasteiger partial charge in [-0.1, -0.05) is 25.8 Å². The van der Waals surface area contributed by atoms with Crippen LogP contribution in [0.4, 0.5) is 13.2 Å². The standard InChI is InChI=1S/C22H28F3NOS/c1-2-3-4-12-26-13-11-20(21-6-5-14-28-21)17(15-26)16-27-19-9-7-18(8-10-19)22(23,24)25/h5-10,14,17,20H,2-4,11-13,15-16H2,1H3/t17-,20+/m0/s1. The van der Waals surface area contributed by atoms with Crippen LogP contribution in [0.25, 0.3) is 0 Å². The fourth-order valence-corrected chi connectivity index (χ4v) is 4.84. The van der Waals surface area contributed by atoms with Crippen LogP contribution in [0.1, 0.15) is 49.0 Å². The van der Waals surface area contributed by atoms with Crippen molar-refractivity contribution in [2.45, 2.75) is 44.7 Å². The number of hydrogen-bond donors (Lipinski definition) is 0. The molecule has 28 heavy (non-hydrogen) atoms. The SMILES string of the molecule is CCCCCN1CC[C@@H](c2cccs2)[C@H](COc2ccc(C(F)(F)F)cc2)C1. The summed E-state index contributed by atoms with van der Waals surface area (Å²) in [6.07, 6.45) is 0.467. The first-order chi connectivity index (χ1) is 13.5. The quantitative estimate of drug-likeness (QED) is 0.463. The molecule has 2 atom stereocenters. The van der Waals surface area contributed by atoms with Gasteiger partial charge in [0.1, 0.15) is 5.75 Å². The van der Waals surface area contributed by atoms with Crippen LogP contribution in [0, 0.1) is 5.92 Å². The number of ether oxygens (including phenoxy) is 1. The molecule has 0 bridgehead atoms. The van der Waals surface area contributed by atoms with Gasteiger partial charge in [-0.2, -0.15) is 13.2 Å². The molecule has 1 aliphatic heterocycles. The molecule has 1 fully saturated rings. The fourth-order valence-electron chi connectivity index (χ4n) is 3.89. The highest BCUT2D eigenvalue weighted by molar-refractivity contribution is 7.10. The molecular weight excluding hydrogens is 383 g/mol. The number of thiophene rings is 1. The van der Waals surface area contributed by atoms with Gasteiger partial charge < -0.3 is 9.64 Å². The van der Waals surface area contributed by atoms with E-state index in [-0.39, 0.29) is 0 Å². The molecule has 1 aromatic carbocycles. The average Bonchev–Trinajstić information content (AvgIpc) is 3.21. The highest BCUT2D eigenvalue weighted by Gasteiger charge is 2.32. The number of hydrogen-bond acceptors (Lipinski definition) is 3. The van der Waals surface area contributed by atoms with E-state index in [4.69, 9.17) is 4.74 Å². The first kappa shape index (κ1) is 21.2. The summed E-state index contributed by atoms with van der Waals surface area (Å²) in [5.41, 5.74) is -0.643. The predicted molar refractivity (Wildman–Crippen MR) is 108 cm³/mol. The number of likely N-dealkylation sites (tertiary alicyclic amines) is 1. The second kappa shape index (κ2) is 9.79. The maximum Gasteiger partial charge on any atom is 0.416 e. The van der Waals surface area contributed by atoms with Gasteiger partial charge in [-0.15, -0.1) is 11.3 Å². The first-order valence-corrected chi connectivity index (χ1v) is 10.9. The van der Waals surface area contributed by atoms with Gasteiger partial charge in [0.25, 0.3) is 0 Å². The summed E-state index contributed by atoms with van der Waals surface area (Å²) in [4.78, 5) is 3.90. The molecule has 2 heterocycles. The Balaban J connectivity index is 1.62. The number of piperidine rings is 1. The van der Waals surface area contributed by atoms with Crippen LogP contribution < -0.4 is 4.74 Å². The average molecular weight is 412 g/mol. The van der Waals surface area contributed by atoms with Crippen LogP contribution in [-0.4, -0.2) is 31.1 Å². The van der Waals surface area contributed by atoms with Gasteiger partial charge >= 0.3 is 6.18 Å². The van der Waals surface area contributed by atoms with E-state index in [1.807, 2.05) is 0 Å². The predicted octanol–water partition coefficient (Wildman–Crippen LogP) is 6.44. The molecule has 2 nitrogen and oxygen atoms in total. The maximum atomic E-state index is 12.7. The van der Waals surface area contributed by atoms with Gasteiger partial charge in [-0.05, 0) is 61.6 Å². The van der Waals surface area contributed by atoms with Gasteiger partial charge in [0, 0.05) is 23.3 Å². The van der Waals surface area contributed by atoms with Crippen molar-refractivity contribution < 1.29 is 17.9 Å². The van der Waals surface area contributed by atoms with E-state index >= 15 is 0 Å². The molecule has 0 radical (unpaired) electrons. The Morgan fingerprint density at radius 2 is 1.93 bits per heavy atom. The number of benzene rings is 1. The largest absolute Gasteiger partial charge is 0.493 e. The minimum Gasteiger partial charge on any atom is -0.493 e. The zero-order valence-corrected chi connectivity index (χ0v) is 17.1. The van der Waals surface area contributed by atoms with Crippen LogP contribution in [-0.2, 0) is 6.18 Å². The van der Waals surface area contributed by atoms with Crippen molar-refractivity contribution in [2.24, 2.45) is 5.92 Å². The van der Waals surface area contributed by atoms with E-state index in [0.29, 0.717) is 24.2 Å². The molecule has 0 amide bonds. The number of nitrogens with zero attached hydrogens (tertiary/aromatic N) is 1. The Kier molecular flexibility index (Phi) is 7.41. The molecule has 0 aliphatic carbocycles. The Labute approximate surface area is 169 Å². The van der Waals surface area contributed by atoms with E-state index in [2.05, 4.69) is 29.3 Å². The summed E-state index contributed by atoms with van der Waals surface area (Å²) in [6, 6.07) is 9.29. The molecule has 0 unspecified atom stereocenters. The summed E-state index contributed by atoms with van der Waals surface area (Å²) in [6.45, 7) is 5.93. The third-order valence-corrected chi connectivity index (χ3v) is 6.45. The Morgan fingerprint density at radius 3 is 2.57 bits per heavy atom. The normalized spacial score (nSPS) is 21.0. The summed E-state index contributed by atoms with van der Waals surface area (Å²) in [5, 5.41) is 2.11. The minimum absolute atomic E-state index is 0.344. The summed E-state index contributed by atoms with van der Waals surface area (Å²) < 4.78 is 44.1. The van der Waals surface area contributed by atoms with E-state index in [1.54, 1.807) is 11.3 Å². The minimum atomic E-state index is -4.31. The van der Waals surface area contributed by atoms with Crippen molar-refractivity contribution in [3.63, 3.8) is 0 Å². The summed E-state index contributed by atoms with van der Waals surface area (Å²) in [5.74, 6) is 1.30. The van der Waals surface area contributed by atoms with Crippen LogP contribution in [0.2, 0.25) is 0 Å². The van der Waals surface area contributed by atoms with Crippen LogP contribution in [0.3, 0.4) is 0 Å². The van der Waals surface area contributed by atoms with E-state index in [1.165, 1.54) is 36.3 Å². The topological polar surface area (TPSA) is 12.5 Å². The van der Waals surface area contributed by atoms with E-state index in [0.717, 1.165) is 38.2 Å². The van der Waals surface area contributed by atoms with Crippen molar-refractivity contribution in [2.75, 3.05) is 26.2 Å². The second-order valence-corrected chi connectivity index (χ2v) is 8.49. The molecule has 0 saturated carbocycles. The zero-order valence-electron chi connectivity index (χ0n) is 16.3. The fraction of sp³-hybridized carbons (Fsp3) is 0.545. The number of halogens is 3. The zero-order chi connectivity index (χ0) is 20.0. The number of rotatable bonds is 8. The lowest BCUT2D eigenvalue weighted by Gasteiger charge is -2.38. The highest BCUT2D eigenvalue weighted by atomic mass is 32.1. The molecule has 154 valence electrons. The molecule has 3 rings (SSSR count). The maximum absolute atomic E-state index is 12.7. The molecular formula is C22H28F3NOS. The van der Waals surface area contributed by atoms with Gasteiger partial charge in [-0.3, -0.25) is 0 Å². The molecule has 6 heteroatoms. The van der Waals surface area contributed by atoms with Gasteiger partial charge in [0.2, 0.25) is 0 Å². The molecule has 1 aromatic heterocycles. The van der Waals surface area contributed by atoms with Crippen LogP contribution >= 0.6 is 11.3 Å². The Hall–Kier alpha value is -1.53. The summed E-state index contributed by atoms with van der Waals surface area (Å²) in [7, 11) is 0. The van der Waals surface area contributed by atoms with Gasteiger partial charge in [0.05, 0.1) is 12.2 Å². The van der Waals surface area contributed by atoms with Crippen LogP contribution in [0.5, 0.6) is 5.75 Å². The first-order valence-electron chi connectivity index (χ1n) is 10.0. The lowest BCUT2D eigenvalue weighted by molar-refractivity contribution is -0.137. The third-order valence-electron chi connectivity index (χ3n) is 5.45. The smallest absolute Gasteiger partial charge is 0.416 e. The number of unbranched alkanes of at least 4 members (excludes halogenated alkanes) is 2. The van der Waals surface area contributed by atoms with Crippen molar-refractivity contribution in [1.82, 2.24) is 4.90 Å².